The fourth-order valence-electron chi connectivity index (χ4n) is 3.76. The number of halogens is 1. The van der Waals surface area contributed by atoms with Crippen LogP contribution >= 0.6 is 12.4 Å². The van der Waals surface area contributed by atoms with Crippen LogP contribution in [-0.2, 0) is 10.0 Å². The molecule has 1 saturated heterocycles. The maximum absolute atomic E-state index is 13.3. The predicted octanol–water partition coefficient (Wildman–Crippen LogP) is 3.49. The second-order valence-corrected chi connectivity index (χ2v) is 8.69. The summed E-state index contributed by atoms with van der Waals surface area (Å²) in [7, 11) is -0.834. The molecule has 1 fully saturated rings. The zero-order chi connectivity index (χ0) is 21.1. The van der Waals surface area contributed by atoms with E-state index in [2.05, 4.69) is 14.9 Å². The second-order valence-electron chi connectivity index (χ2n) is 7.04. The van der Waals surface area contributed by atoms with E-state index >= 15 is 0 Å². The summed E-state index contributed by atoms with van der Waals surface area (Å²) in [5.41, 5.74) is 1.37. The lowest BCUT2D eigenvalue weighted by atomic mass is 10.1. The van der Waals surface area contributed by atoms with Gasteiger partial charge in [-0.3, -0.25) is 4.72 Å². The summed E-state index contributed by atoms with van der Waals surface area (Å²) in [4.78, 5) is 2.51. The minimum atomic E-state index is -3.86. The van der Waals surface area contributed by atoms with Crippen molar-refractivity contribution in [3.8, 4) is 11.5 Å². The van der Waals surface area contributed by atoms with Gasteiger partial charge in [0.15, 0.2) is 0 Å². The molecule has 1 aliphatic heterocycles. The maximum Gasteiger partial charge on any atom is 0.262 e. The number of rotatable bonds is 6. The highest BCUT2D eigenvalue weighted by atomic mass is 35.5. The Hall–Kier alpha value is -2.68. The molecular weight excluding hydrogens is 438 g/mol. The molecule has 0 atom stereocenters. The van der Waals surface area contributed by atoms with E-state index in [4.69, 9.17) is 9.47 Å². The van der Waals surface area contributed by atoms with Gasteiger partial charge in [-0.05, 0) is 24.3 Å². The highest BCUT2D eigenvalue weighted by Gasteiger charge is 2.22. The minimum absolute atomic E-state index is 0. The van der Waals surface area contributed by atoms with Crippen molar-refractivity contribution in [1.82, 2.24) is 5.32 Å². The van der Waals surface area contributed by atoms with E-state index in [1.54, 1.807) is 24.3 Å². The first-order valence-electron chi connectivity index (χ1n) is 9.76. The van der Waals surface area contributed by atoms with Gasteiger partial charge in [0.05, 0.1) is 24.8 Å². The molecule has 31 heavy (non-hydrogen) atoms. The Morgan fingerprint density at radius 3 is 2.32 bits per heavy atom. The maximum atomic E-state index is 13.3. The van der Waals surface area contributed by atoms with Crippen LogP contribution in [0.25, 0.3) is 10.8 Å². The first-order chi connectivity index (χ1) is 14.5. The van der Waals surface area contributed by atoms with Crippen LogP contribution in [0.3, 0.4) is 0 Å². The summed E-state index contributed by atoms with van der Waals surface area (Å²) >= 11 is 0. The van der Waals surface area contributed by atoms with Gasteiger partial charge >= 0.3 is 0 Å². The SMILES string of the molecule is COc1ccc(OC)c(NS(=O)(=O)c2ccc(N3CCNCC3)c3ccccc23)c1.Cl. The van der Waals surface area contributed by atoms with Crippen molar-refractivity contribution < 1.29 is 17.9 Å². The van der Waals surface area contributed by atoms with Gasteiger partial charge in [-0.2, -0.15) is 0 Å². The molecule has 1 heterocycles. The quantitative estimate of drug-likeness (QED) is 0.582. The first-order valence-corrected chi connectivity index (χ1v) is 11.2. The lowest BCUT2D eigenvalue weighted by molar-refractivity contribution is 0.405. The Labute approximate surface area is 188 Å². The van der Waals surface area contributed by atoms with E-state index in [1.165, 1.54) is 14.2 Å². The number of nitrogens with zero attached hydrogens (tertiary/aromatic N) is 1. The average molecular weight is 464 g/mol. The zero-order valence-corrected chi connectivity index (χ0v) is 19.1. The zero-order valence-electron chi connectivity index (χ0n) is 17.4. The van der Waals surface area contributed by atoms with E-state index in [1.807, 2.05) is 30.3 Å². The number of sulfonamides is 1. The minimum Gasteiger partial charge on any atom is -0.497 e. The number of benzene rings is 3. The third kappa shape index (κ3) is 4.66. The number of hydrogen-bond acceptors (Lipinski definition) is 6. The van der Waals surface area contributed by atoms with Crippen LogP contribution in [0, 0.1) is 0 Å². The van der Waals surface area contributed by atoms with Crippen molar-refractivity contribution in [2.24, 2.45) is 0 Å². The lowest BCUT2D eigenvalue weighted by Gasteiger charge is -2.30. The summed E-state index contributed by atoms with van der Waals surface area (Å²) in [6, 6.07) is 16.2. The van der Waals surface area contributed by atoms with Crippen LogP contribution in [0.4, 0.5) is 11.4 Å². The Morgan fingerprint density at radius 2 is 1.65 bits per heavy atom. The average Bonchev–Trinajstić information content (AvgIpc) is 2.78. The molecule has 0 unspecified atom stereocenters. The molecule has 0 aliphatic carbocycles. The van der Waals surface area contributed by atoms with E-state index in [0.29, 0.717) is 22.6 Å². The van der Waals surface area contributed by atoms with Crippen LogP contribution in [0.15, 0.2) is 59.5 Å². The van der Waals surface area contributed by atoms with Crippen LogP contribution in [0.2, 0.25) is 0 Å². The molecule has 0 radical (unpaired) electrons. The Morgan fingerprint density at radius 1 is 0.935 bits per heavy atom. The molecule has 3 aromatic rings. The number of piperazine rings is 1. The molecule has 3 aromatic carbocycles. The van der Waals surface area contributed by atoms with Crippen molar-refractivity contribution >= 4 is 44.6 Å². The summed E-state index contributed by atoms with van der Waals surface area (Å²) in [6.07, 6.45) is 0. The van der Waals surface area contributed by atoms with E-state index in [-0.39, 0.29) is 17.3 Å². The first kappa shape index (κ1) is 23.0. The van der Waals surface area contributed by atoms with Crippen LogP contribution in [0.1, 0.15) is 0 Å². The molecule has 0 amide bonds. The Kier molecular flexibility index (Phi) is 7.15. The molecule has 7 nitrogen and oxygen atoms in total. The van der Waals surface area contributed by atoms with Gasteiger partial charge < -0.3 is 19.7 Å². The van der Waals surface area contributed by atoms with Crippen LogP contribution in [0.5, 0.6) is 11.5 Å². The van der Waals surface area contributed by atoms with E-state index in [0.717, 1.165) is 37.3 Å². The number of nitrogens with one attached hydrogen (secondary N) is 2. The smallest absolute Gasteiger partial charge is 0.262 e. The van der Waals surface area contributed by atoms with Crippen LogP contribution < -0.4 is 24.4 Å². The molecule has 0 spiro atoms. The molecule has 166 valence electrons. The number of hydrogen-bond donors (Lipinski definition) is 2. The third-order valence-corrected chi connectivity index (χ3v) is 6.68. The van der Waals surface area contributed by atoms with Gasteiger partial charge in [-0.25, -0.2) is 8.42 Å². The highest BCUT2D eigenvalue weighted by Crippen LogP contribution is 2.35. The van der Waals surface area contributed by atoms with Gasteiger partial charge in [0.2, 0.25) is 0 Å². The fourth-order valence-corrected chi connectivity index (χ4v) is 5.04. The Bertz CT molecular complexity index is 1160. The van der Waals surface area contributed by atoms with Crippen LogP contribution in [-0.4, -0.2) is 48.8 Å². The van der Waals surface area contributed by atoms with E-state index in [9.17, 15) is 8.42 Å². The number of anilines is 2. The molecule has 0 bridgehead atoms. The summed E-state index contributed by atoms with van der Waals surface area (Å²) in [5.74, 6) is 0.952. The van der Waals surface area contributed by atoms with Gasteiger partial charge in [0.25, 0.3) is 10.0 Å². The van der Waals surface area contributed by atoms with Gasteiger partial charge in [-0.1, -0.05) is 24.3 Å². The molecule has 0 saturated carbocycles. The summed E-state index contributed by atoms with van der Waals surface area (Å²) in [5, 5.41) is 4.95. The molecule has 0 aromatic heterocycles. The molecular formula is C22H26ClN3O4S. The summed E-state index contributed by atoms with van der Waals surface area (Å²) in [6.45, 7) is 3.59. The normalized spacial score (nSPS) is 14.1. The number of methoxy groups -OCH3 is 2. The number of fused-ring (bicyclic) bond motifs is 1. The predicted molar refractivity (Wildman–Crippen MR) is 127 cm³/mol. The van der Waals surface area contributed by atoms with Gasteiger partial charge in [0.1, 0.15) is 11.5 Å². The van der Waals surface area contributed by atoms with Crippen molar-refractivity contribution in [3.63, 3.8) is 0 Å². The standard InChI is InChI=1S/C22H25N3O4S.ClH/c1-28-16-7-9-21(29-2)19(15-16)24-30(26,27)22-10-8-20(25-13-11-23-12-14-25)17-5-3-4-6-18(17)22;/h3-10,15,23-24H,11-14H2,1-2H3;1H. The van der Waals surface area contributed by atoms with Crippen molar-refractivity contribution in [2.45, 2.75) is 4.90 Å². The van der Waals surface area contributed by atoms with Gasteiger partial charge in [0, 0.05) is 48.7 Å². The second kappa shape index (κ2) is 9.64. The molecule has 2 N–H and O–H groups in total. The van der Waals surface area contributed by atoms with Crippen molar-refractivity contribution in [3.05, 3.63) is 54.6 Å². The number of ether oxygens (including phenoxy) is 2. The van der Waals surface area contributed by atoms with Gasteiger partial charge in [-0.15, -0.1) is 12.4 Å². The Balaban J connectivity index is 0.00000272. The largest absolute Gasteiger partial charge is 0.497 e. The topological polar surface area (TPSA) is 79.9 Å². The molecule has 9 heteroatoms. The highest BCUT2D eigenvalue weighted by molar-refractivity contribution is 7.93. The van der Waals surface area contributed by atoms with Crippen molar-refractivity contribution in [1.29, 1.82) is 0 Å². The van der Waals surface area contributed by atoms with Crippen molar-refractivity contribution in [2.75, 3.05) is 50.0 Å². The molecule has 1 aliphatic rings. The molecule has 4 rings (SSSR count). The lowest BCUT2D eigenvalue weighted by Crippen LogP contribution is -2.43. The van der Waals surface area contributed by atoms with E-state index < -0.39 is 10.0 Å². The fraction of sp³-hybridized carbons (Fsp3) is 0.273. The third-order valence-electron chi connectivity index (χ3n) is 5.26. The monoisotopic (exact) mass is 463 g/mol. The summed E-state index contributed by atoms with van der Waals surface area (Å²) < 4.78 is 39.9.